The van der Waals surface area contributed by atoms with Crippen LogP contribution in [0.4, 0.5) is 9.52 Å². The van der Waals surface area contributed by atoms with Crippen LogP contribution in [-0.4, -0.2) is 61.1 Å². The average Bonchev–Trinajstić information content (AvgIpc) is 3.15. The summed E-state index contributed by atoms with van der Waals surface area (Å²) in [6, 6.07) is 5.69. The molecule has 0 unspecified atom stereocenters. The number of amides is 2. The van der Waals surface area contributed by atoms with Crippen LogP contribution in [0.5, 0.6) is 0 Å². The third-order valence-corrected chi connectivity index (χ3v) is 4.87. The molecule has 7 nitrogen and oxygen atoms in total. The van der Waals surface area contributed by atoms with Gasteiger partial charge in [-0.1, -0.05) is 12.1 Å². The molecule has 144 valence electrons. The number of nitrogens with zero attached hydrogens (tertiary/aromatic N) is 2. The molecule has 1 fully saturated rings. The highest BCUT2D eigenvalue weighted by atomic mass is 32.1. The minimum absolute atomic E-state index is 0.0678. The Hall–Kier alpha value is -2.36. The van der Waals surface area contributed by atoms with Crippen molar-refractivity contribution in [2.75, 3.05) is 44.7 Å². The van der Waals surface area contributed by atoms with Gasteiger partial charge in [0, 0.05) is 25.0 Å². The number of rotatable bonds is 7. The summed E-state index contributed by atoms with van der Waals surface area (Å²) in [5.41, 5.74) is 0.164. The van der Waals surface area contributed by atoms with E-state index in [1.165, 1.54) is 18.2 Å². The van der Waals surface area contributed by atoms with Crippen LogP contribution in [0.2, 0.25) is 0 Å². The third-order valence-electron chi connectivity index (χ3n) is 4.12. The van der Waals surface area contributed by atoms with Gasteiger partial charge in [-0.25, -0.2) is 9.37 Å². The lowest BCUT2D eigenvalue weighted by Crippen LogP contribution is -2.38. The molecule has 1 aliphatic rings. The summed E-state index contributed by atoms with van der Waals surface area (Å²) in [6.45, 7) is 4.81. The molecule has 9 heteroatoms. The number of morpholine rings is 1. The monoisotopic (exact) mass is 392 g/mol. The number of halogens is 1. The predicted molar refractivity (Wildman–Crippen MR) is 101 cm³/mol. The van der Waals surface area contributed by atoms with Crippen LogP contribution in [0.1, 0.15) is 27.3 Å². The summed E-state index contributed by atoms with van der Waals surface area (Å²) < 4.78 is 18.9. The van der Waals surface area contributed by atoms with Gasteiger partial charge in [0.05, 0.1) is 18.8 Å². The topological polar surface area (TPSA) is 83.6 Å². The first-order valence-corrected chi connectivity index (χ1v) is 9.61. The van der Waals surface area contributed by atoms with Crippen LogP contribution in [0.25, 0.3) is 0 Å². The zero-order valence-electron chi connectivity index (χ0n) is 14.7. The molecule has 1 aromatic carbocycles. The Morgan fingerprint density at radius 2 is 2.00 bits per heavy atom. The molecule has 1 saturated heterocycles. The SMILES string of the molecule is O=C(NCCCN1CCOCC1)c1csc(NC(=O)c2ccccc2F)n1. The Morgan fingerprint density at radius 1 is 1.22 bits per heavy atom. The first-order chi connectivity index (χ1) is 13.1. The minimum Gasteiger partial charge on any atom is -0.379 e. The Labute approximate surface area is 160 Å². The summed E-state index contributed by atoms with van der Waals surface area (Å²) >= 11 is 1.12. The molecule has 0 spiro atoms. The maximum atomic E-state index is 13.6. The van der Waals surface area contributed by atoms with Crippen molar-refractivity contribution in [2.24, 2.45) is 0 Å². The van der Waals surface area contributed by atoms with Crippen molar-refractivity contribution < 1.29 is 18.7 Å². The molecule has 2 N–H and O–H groups in total. The van der Waals surface area contributed by atoms with Crippen molar-refractivity contribution in [3.63, 3.8) is 0 Å². The highest BCUT2D eigenvalue weighted by Crippen LogP contribution is 2.17. The fourth-order valence-corrected chi connectivity index (χ4v) is 3.35. The van der Waals surface area contributed by atoms with E-state index in [1.807, 2.05) is 0 Å². The molecule has 3 rings (SSSR count). The molecule has 0 radical (unpaired) electrons. The van der Waals surface area contributed by atoms with Gasteiger partial charge in [0.25, 0.3) is 11.8 Å². The van der Waals surface area contributed by atoms with Crippen molar-refractivity contribution in [1.29, 1.82) is 0 Å². The third kappa shape index (κ3) is 5.56. The Balaban J connectivity index is 1.44. The molecule has 1 aromatic heterocycles. The molecule has 2 amide bonds. The second-order valence-corrected chi connectivity index (χ2v) is 6.89. The van der Waals surface area contributed by atoms with Gasteiger partial charge in [0.2, 0.25) is 0 Å². The Morgan fingerprint density at radius 3 is 2.78 bits per heavy atom. The van der Waals surface area contributed by atoms with E-state index < -0.39 is 11.7 Å². The lowest BCUT2D eigenvalue weighted by Gasteiger charge is -2.26. The van der Waals surface area contributed by atoms with Crippen molar-refractivity contribution >= 4 is 28.3 Å². The Bertz CT molecular complexity index is 792. The second kappa shape index (κ2) is 9.54. The van der Waals surface area contributed by atoms with Gasteiger partial charge in [0.15, 0.2) is 5.13 Å². The van der Waals surface area contributed by atoms with Crippen molar-refractivity contribution in [3.05, 3.63) is 46.7 Å². The van der Waals surface area contributed by atoms with Crippen LogP contribution in [0.3, 0.4) is 0 Å². The number of hydrogen-bond donors (Lipinski definition) is 2. The van der Waals surface area contributed by atoms with Crippen molar-refractivity contribution in [1.82, 2.24) is 15.2 Å². The fraction of sp³-hybridized carbons (Fsp3) is 0.389. The maximum Gasteiger partial charge on any atom is 0.270 e. The quantitative estimate of drug-likeness (QED) is 0.704. The molecule has 0 aliphatic carbocycles. The lowest BCUT2D eigenvalue weighted by atomic mass is 10.2. The first-order valence-electron chi connectivity index (χ1n) is 8.73. The molecular weight excluding hydrogens is 371 g/mol. The summed E-state index contributed by atoms with van der Waals surface area (Å²) in [6.07, 6.45) is 0.840. The van der Waals surface area contributed by atoms with Gasteiger partial charge in [-0.3, -0.25) is 19.8 Å². The summed E-state index contributed by atoms with van der Waals surface area (Å²) in [5, 5.41) is 7.15. The van der Waals surface area contributed by atoms with E-state index in [0.717, 1.165) is 50.6 Å². The van der Waals surface area contributed by atoms with E-state index in [-0.39, 0.29) is 22.3 Å². The minimum atomic E-state index is -0.607. The van der Waals surface area contributed by atoms with Gasteiger partial charge >= 0.3 is 0 Å². The van der Waals surface area contributed by atoms with Gasteiger partial charge in [0.1, 0.15) is 11.5 Å². The van der Waals surface area contributed by atoms with E-state index in [2.05, 4.69) is 20.5 Å². The maximum absolute atomic E-state index is 13.6. The predicted octanol–water partition coefficient (Wildman–Crippen LogP) is 1.99. The zero-order valence-corrected chi connectivity index (χ0v) is 15.6. The van der Waals surface area contributed by atoms with E-state index in [4.69, 9.17) is 4.74 Å². The highest BCUT2D eigenvalue weighted by molar-refractivity contribution is 7.14. The van der Waals surface area contributed by atoms with Gasteiger partial charge in [-0.2, -0.15) is 0 Å². The number of carbonyl (C=O) groups excluding carboxylic acids is 2. The summed E-state index contributed by atoms with van der Waals surface area (Å²) in [7, 11) is 0. The standard InChI is InChI=1S/C18H21FN4O3S/c19-14-5-2-1-4-13(14)16(24)22-18-21-15(12-27-18)17(25)20-6-3-7-23-8-10-26-11-9-23/h1-2,4-5,12H,3,6-11H2,(H,20,25)(H,21,22,24). The van der Waals surface area contributed by atoms with Gasteiger partial charge in [-0.05, 0) is 25.1 Å². The van der Waals surface area contributed by atoms with Crippen LogP contribution in [0, 0.1) is 5.82 Å². The molecule has 0 saturated carbocycles. The van der Waals surface area contributed by atoms with Crippen molar-refractivity contribution in [3.8, 4) is 0 Å². The largest absolute Gasteiger partial charge is 0.379 e. The normalized spacial score (nSPS) is 14.7. The number of hydrogen-bond acceptors (Lipinski definition) is 6. The molecule has 27 heavy (non-hydrogen) atoms. The lowest BCUT2D eigenvalue weighted by molar-refractivity contribution is 0.0374. The molecule has 2 aromatic rings. The molecule has 2 heterocycles. The molecule has 1 aliphatic heterocycles. The van der Waals surface area contributed by atoms with E-state index in [0.29, 0.717) is 6.54 Å². The van der Waals surface area contributed by atoms with Crippen LogP contribution >= 0.6 is 11.3 Å². The van der Waals surface area contributed by atoms with Crippen LogP contribution < -0.4 is 10.6 Å². The van der Waals surface area contributed by atoms with E-state index in [1.54, 1.807) is 11.4 Å². The molecular formula is C18H21FN4O3S. The summed E-state index contributed by atoms with van der Waals surface area (Å²) in [4.78, 5) is 30.6. The van der Waals surface area contributed by atoms with Crippen LogP contribution in [-0.2, 0) is 4.74 Å². The zero-order chi connectivity index (χ0) is 19.1. The van der Waals surface area contributed by atoms with Gasteiger partial charge < -0.3 is 10.1 Å². The number of ether oxygens (including phenoxy) is 1. The second-order valence-electron chi connectivity index (χ2n) is 6.04. The Kier molecular flexibility index (Phi) is 6.86. The summed E-state index contributed by atoms with van der Waals surface area (Å²) in [5.74, 6) is -1.50. The number of aromatic nitrogens is 1. The number of carbonyl (C=O) groups is 2. The highest BCUT2D eigenvalue weighted by Gasteiger charge is 2.15. The van der Waals surface area contributed by atoms with Gasteiger partial charge in [-0.15, -0.1) is 11.3 Å². The number of nitrogens with one attached hydrogen (secondary N) is 2. The number of anilines is 1. The average molecular weight is 392 g/mol. The van der Waals surface area contributed by atoms with E-state index >= 15 is 0 Å². The smallest absolute Gasteiger partial charge is 0.270 e. The molecule has 0 bridgehead atoms. The first kappa shape index (κ1) is 19.4. The number of benzene rings is 1. The fourth-order valence-electron chi connectivity index (χ4n) is 2.67. The van der Waals surface area contributed by atoms with E-state index in [9.17, 15) is 14.0 Å². The van der Waals surface area contributed by atoms with Crippen LogP contribution in [0.15, 0.2) is 29.6 Å². The molecule has 0 atom stereocenters. The number of thiazole rings is 1. The van der Waals surface area contributed by atoms with Crippen molar-refractivity contribution in [2.45, 2.75) is 6.42 Å².